The SMILES string of the molecule is COc1cc(-c2nc3cccc(C)n3c2N(C)c2ccc3c(c2)OCCO3)ccc1O. The summed E-state index contributed by atoms with van der Waals surface area (Å²) in [5.41, 5.74) is 4.46. The van der Waals surface area contributed by atoms with Gasteiger partial charge in [-0.15, -0.1) is 0 Å². The number of rotatable bonds is 4. The lowest BCUT2D eigenvalue weighted by molar-refractivity contribution is 0.171. The number of ether oxygens (including phenoxy) is 3. The van der Waals surface area contributed by atoms with E-state index >= 15 is 0 Å². The fourth-order valence-corrected chi connectivity index (χ4v) is 3.93. The number of aromatic hydroxyl groups is 1. The summed E-state index contributed by atoms with van der Waals surface area (Å²) < 4.78 is 18.9. The third-order valence-electron chi connectivity index (χ3n) is 5.50. The van der Waals surface area contributed by atoms with Gasteiger partial charge in [0.15, 0.2) is 23.0 Å². The van der Waals surface area contributed by atoms with E-state index in [0.29, 0.717) is 19.0 Å². The normalized spacial score (nSPS) is 12.7. The molecule has 3 heterocycles. The van der Waals surface area contributed by atoms with Gasteiger partial charge in [0.25, 0.3) is 0 Å². The van der Waals surface area contributed by atoms with E-state index in [1.807, 2.05) is 43.4 Å². The van der Waals surface area contributed by atoms with Gasteiger partial charge in [-0.25, -0.2) is 4.98 Å². The van der Waals surface area contributed by atoms with Gasteiger partial charge >= 0.3 is 0 Å². The topological polar surface area (TPSA) is 68.5 Å². The number of fused-ring (bicyclic) bond motifs is 2. The van der Waals surface area contributed by atoms with Crippen molar-refractivity contribution in [3.63, 3.8) is 0 Å². The summed E-state index contributed by atoms with van der Waals surface area (Å²) in [7, 11) is 3.54. The first-order chi connectivity index (χ1) is 15.1. The number of hydrogen-bond donors (Lipinski definition) is 1. The Kier molecular flexibility index (Phi) is 4.58. The van der Waals surface area contributed by atoms with Gasteiger partial charge in [-0.05, 0) is 49.4 Å². The molecule has 1 aliphatic rings. The number of imidazole rings is 1. The summed E-state index contributed by atoms with van der Waals surface area (Å²) in [6.07, 6.45) is 0. The molecule has 2 aromatic carbocycles. The molecule has 7 nitrogen and oxygen atoms in total. The number of nitrogens with zero attached hydrogens (tertiary/aromatic N) is 3. The predicted molar refractivity (Wildman–Crippen MR) is 119 cm³/mol. The van der Waals surface area contributed by atoms with Crippen molar-refractivity contribution in [1.82, 2.24) is 9.38 Å². The fraction of sp³-hybridized carbons (Fsp3) is 0.208. The monoisotopic (exact) mass is 417 g/mol. The Hall–Kier alpha value is -3.87. The number of aromatic nitrogens is 2. The molecule has 0 aliphatic carbocycles. The minimum atomic E-state index is 0.0907. The number of anilines is 2. The van der Waals surface area contributed by atoms with E-state index < -0.39 is 0 Å². The van der Waals surface area contributed by atoms with Gasteiger partial charge in [-0.1, -0.05) is 6.07 Å². The van der Waals surface area contributed by atoms with Crippen LogP contribution in [0.4, 0.5) is 11.5 Å². The van der Waals surface area contributed by atoms with E-state index in [-0.39, 0.29) is 5.75 Å². The molecule has 1 N–H and O–H groups in total. The van der Waals surface area contributed by atoms with Crippen molar-refractivity contribution in [1.29, 1.82) is 0 Å². The van der Waals surface area contributed by atoms with Crippen molar-refractivity contribution in [2.45, 2.75) is 6.92 Å². The van der Waals surface area contributed by atoms with E-state index in [2.05, 4.69) is 22.3 Å². The highest BCUT2D eigenvalue weighted by Gasteiger charge is 2.22. The predicted octanol–water partition coefficient (Wildman–Crippen LogP) is 4.56. The molecule has 0 atom stereocenters. The van der Waals surface area contributed by atoms with Crippen LogP contribution in [0, 0.1) is 6.92 Å². The molecule has 0 saturated heterocycles. The van der Waals surface area contributed by atoms with E-state index in [9.17, 15) is 5.11 Å². The molecule has 0 unspecified atom stereocenters. The molecule has 7 heteroatoms. The molecule has 0 radical (unpaired) electrons. The zero-order valence-electron chi connectivity index (χ0n) is 17.6. The quantitative estimate of drug-likeness (QED) is 0.525. The maximum atomic E-state index is 10.0. The second kappa shape index (κ2) is 7.43. The van der Waals surface area contributed by atoms with Crippen molar-refractivity contribution in [3.05, 3.63) is 60.3 Å². The highest BCUT2D eigenvalue weighted by Crippen LogP contribution is 2.41. The Morgan fingerprint density at radius 1 is 1.03 bits per heavy atom. The fourth-order valence-electron chi connectivity index (χ4n) is 3.93. The molecular weight excluding hydrogens is 394 g/mol. The third kappa shape index (κ3) is 3.18. The molecule has 0 fully saturated rings. The highest BCUT2D eigenvalue weighted by molar-refractivity contribution is 5.82. The van der Waals surface area contributed by atoms with E-state index in [1.54, 1.807) is 12.1 Å². The zero-order valence-corrected chi connectivity index (χ0v) is 17.6. The highest BCUT2D eigenvalue weighted by atomic mass is 16.6. The Labute approximate surface area is 180 Å². The van der Waals surface area contributed by atoms with E-state index in [4.69, 9.17) is 19.2 Å². The molecule has 158 valence electrons. The minimum absolute atomic E-state index is 0.0907. The second-order valence-corrected chi connectivity index (χ2v) is 7.42. The number of hydrogen-bond acceptors (Lipinski definition) is 6. The molecular formula is C24H23N3O4. The standard InChI is InChI=1S/C24H23N3O4/c1-15-5-4-6-22-25-23(16-7-9-18(28)20(13-16)29-3)24(27(15)22)26(2)17-8-10-19-21(14-17)31-12-11-30-19/h4-10,13-14,28H,11-12H2,1-3H3. The van der Waals surface area contributed by atoms with Crippen molar-refractivity contribution in [2.75, 3.05) is 32.3 Å². The van der Waals surface area contributed by atoms with Crippen LogP contribution in [0.1, 0.15) is 5.69 Å². The lowest BCUT2D eigenvalue weighted by atomic mass is 10.1. The number of pyridine rings is 1. The van der Waals surface area contributed by atoms with Crippen molar-refractivity contribution in [3.8, 4) is 34.3 Å². The van der Waals surface area contributed by atoms with Crippen LogP contribution in [-0.4, -0.2) is 41.9 Å². The average Bonchev–Trinajstić information content (AvgIpc) is 3.19. The average molecular weight is 417 g/mol. The van der Waals surface area contributed by atoms with Crippen molar-refractivity contribution >= 4 is 17.2 Å². The molecule has 31 heavy (non-hydrogen) atoms. The summed E-state index contributed by atoms with van der Waals surface area (Å²) in [5.74, 6) is 2.87. The summed E-state index contributed by atoms with van der Waals surface area (Å²) >= 11 is 0. The summed E-state index contributed by atoms with van der Waals surface area (Å²) in [6.45, 7) is 3.14. The molecule has 2 aromatic heterocycles. The summed E-state index contributed by atoms with van der Waals surface area (Å²) in [6, 6.07) is 17.2. The second-order valence-electron chi connectivity index (χ2n) is 7.42. The van der Waals surface area contributed by atoms with E-state index in [1.165, 1.54) is 7.11 Å². The molecule has 0 bridgehead atoms. The zero-order chi connectivity index (χ0) is 21.5. The van der Waals surface area contributed by atoms with Gasteiger partial charge in [0.05, 0.1) is 7.11 Å². The number of aryl methyl sites for hydroxylation is 1. The van der Waals surface area contributed by atoms with Gasteiger partial charge in [-0.3, -0.25) is 4.40 Å². The largest absolute Gasteiger partial charge is 0.504 e. The molecule has 5 rings (SSSR count). The van der Waals surface area contributed by atoms with Gasteiger partial charge in [0.2, 0.25) is 0 Å². The summed E-state index contributed by atoms with van der Waals surface area (Å²) in [4.78, 5) is 6.99. The van der Waals surface area contributed by atoms with Crippen LogP contribution in [0.5, 0.6) is 23.0 Å². The molecule has 4 aromatic rings. The Bertz CT molecular complexity index is 1280. The molecule has 0 amide bonds. The smallest absolute Gasteiger partial charge is 0.163 e. The van der Waals surface area contributed by atoms with Gasteiger partial charge in [-0.2, -0.15) is 0 Å². The molecule has 1 aliphatic heterocycles. The van der Waals surface area contributed by atoms with Crippen molar-refractivity contribution in [2.24, 2.45) is 0 Å². The van der Waals surface area contributed by atoms with Crippen LogP contribution in [0.15, 0.2) is 54.6 Å². The first kappa shape index (κ1) is 19.1. The van der Waals surface area contributed by atoms with Gasteiger partial charge in [0.1, 0.15) is 30.4 Å². The Morgan fingerprint density at radius 3 is 2.65 bits per heavy atom. The van der Waals surface area contributed by atoms with Crippen LogP contribution < -0.4 is 19.1 Å². The number of phenolic OH excluding ortho intramolecular Hbond substituents is 1. The maximum Gasteiger partial charge on any atom is 0.163 e. The van der Waals surface area contributed by atoms with Gasteiger partial charge < -0.3 is 24.2 Å². The lowest BCUT2D eigenvalue weighted by Crippen LogP contribution is -2.17. The van der Waals surface area contributed by atoms with E-state index in [0.717, 1.165) is 45.6 Å². The van der Waals surface area contributed by atoms with Crippen molar-refractivity contribution < 1.29 is 19.3 Å². The maximum absolute atomic E-state index is 10.0. The summed E-state index contributed by atoms with van der Waals surface area (Å²) in [5, 5.41) is 10.0. The number of methoxy groups -OCH3 is 1. The Morgan fingerprint density at radius 2 is 1.84 bits per heavy atom. The first-order valence-corrected chi connectivity index (χ1v) is 10.1. The first-order valence-electron chi connectivity index (χ1n) is 10.1. The van der Waals surface area contributed by atoms with Gasteiger partial charge in [0, 0.05) is 30.1 Å². The van der Waals surface area contributed by atoms with Crippen LogP contribution >= 0.6 is 0 Å². The number of benzene rings is 2. The number of phenols is 1. The minimum Gasteiger partial charge on any atom is -0.504 e. The lowest BCUT2D eigenvalue weighted by Gasteiger charge is -2.24. The van der Waals surface area contributed by atoms with Crippen LogP contribution in [-0.2, 0) is 0 Å². The van der Waals surface area contributed by atoms with Crippen LogP contribution in [0.2, 0.25) is 0 Å². The van der Waals surface area contributed by atoms with Crippen LogP contribution in [0.25, 0.3) is 16.9 Å². The van der Waals surface area contributed by atoms with Crippen LogP contribution in [0.3, 0.4) is 0 Å². The Balaban J connectivity index is 1.71. The molecule has 0 spiro atoms. The molecule has 0 saturated carbocycles. The third-order valence-corrected chi connectivity index (χ3v) is 5.50.